The monoisotopic (exact) mass is 531 g/mol. The number of anilines is 2. The van der Waals surface area contributed by atoms with Crippen molar-refractivity contribution in [3.8, 4) is 23.2 Å². The Balaban J connectivity index is 1.49. The van der Waals surface area contributed by atoms with E-state index in [4.69, 9.17) is 14.8 Å². The zero-order chi connectivity index (χ0) is 27.6. The average Bonchev–Trinajstić information content (AvgIpc) is 3.45. The molecule has 0 aliphatic carbocycles. The molecule has 5 aromatic rings. The van der Waals surface area contributed by atoms with Gasteiger partial charge in [0, 0.05) is 56.3 Å². The van der Waals surface area contributed by atoms with Crippen LogP contribution < -0.4 is 15.0 Å². The third-order valence-electron chi connectivity index (χ3n) is 7.40. The van der Waals surface area contributed by atoms with Crippen molar-refractivity contribution in [1.29, 1.82) is 5.26 Å². The van der Waals surface area contributed by atoms with Gasteiger partial charge in [-0.3, -0.25) is 4.79 Å². The topological polar surface area (TPSA) is 98.8 Å². The van der Waals surface area contributed by atoms with Gasteiger partial charge in [-0.15, -0.1) is 5.10 Å². The summed E-state index contributed by atoms with van der Waals surface area (Å²) in [5.74, 6) is 1.33. The summed E-state index contributed by atoms with van der Waals surface area (Å²) >= 11 is 0. The molecule has 1 amide bonds. The molecule has 9 nitrogen and oxygen atoms in total. The van der Waals surface area contributed by atoms with Gasteiger partial charge in [0.25, 0.3) is 0 Å². The van der Waals surface area contributed by atoms with E-state index in [2.05, 4.69) is 40.6 Å². The maximum absolute atomic E-state index is 11.8. The van der Waals surface area contributed by atoms with Crippen LogP contribution in [0.3, 0.4) is 0 Å². The first-order chi connectivity index (χ1) is 19.6. The molecular weight excluding hydrogens is 502 g/mol. The number of piperazine rings is 1. The molecule has 9 heteroatoms. The molecule has 1 N–H and O–H groups in total. The number of nitrogens with one attached hydrogen (secondary N) is 1. The largest absolute Gasteiger partial charge is 0.497 e. The highest BCUT2D eigenvalue weighted by Crippen LogP contribution is 2.35. The molecule has 0 radical (unpaired) electrons. The predicted octanol–water partition coefficient (Wildman–Crippen LogP) is 4.71. The molecule has 2 aromatic heterocycles. The van der Waals surface area contributed by atoms with Crippen LogP contribution in [0.15, 0.2) is 72.8 Å². The molecular formula is C31H29N7O2. The van der Waals surface area contributed by atoms with E-state index in [0.29, 0.717) is 42.4 Å². The minimum atomic E-state index is 0.102. The van der Waals surface area contributed by atoms with Crippen molar-refractivity contribution in [2.45, 2.75) is 13.5 Å². The van der Waals surface area contributed by atoms with Gasteiger partial charge >= 0.3 is 0 Å². The van der Waals surface area contributed by atoms with Crippen LogP contribution in [0, 0.1) is 11.3 Å². The Kier molecular flexibility index (Phi) is 6.66. The van der Waals surface area contributed by atoms with E-state index >= 15 is 0 Å². The van der Waals surface area contributed by atoms with E-state index < -0.39 is 0 Å². The van der Waals surface area contributed by atoms with Crippen molar-refractivity contribution >= 4 is 33.8 Å². The number of rotatable bonds is 6. The number of nitriles is 1. The van der Waals surface area contributed by atoms with Gasteiger partial charge in [0.15, 0.2) is 11.5 Å². The lowest BCUT2D eigenvalue weighted by atomic mass is 10.1. The first-order valence-corrected chi connectivity index (χ1v) is 13.2. The lowest BCUT2D eigenvalue weighted by Gasteiger charge is -2.35. The van der Waals surface area contributed by atoms with E-state index in [9.17, 15) is 10.1 Å². The van der Waals surface area contributed by atoms with Crippen LogP contribution in [0.2, 0.25) is 0 Å². The maximum Gasteiger partial charge on any atom is 0.219 e. The molecule has 3 aromatic carbocycles. The number of benzene rings is 3. The SMILES string of the molecule is COc1cccc(-c2nc3c(C#N)c(NCc4ccccc4)c4cc(N5CCN(C(C)=O)CC5)ccc4n3n2)c1. The number of fused-ring (bicyclic) bond motifs is 3. The van der Waals surface area contributed by atoms with Gasteiger partial charge in [-0.2, -0.15) is 5.26 Å². The van der Waals surface area contributed by atoms with Crippen LogP contribution in [0.25, 0.3) is 27.9 Å². The summed E-state index contributed by atoms with van der Waals surface area (Å²) in [6.45, 7) is 5.02. The van der Waals surface area contributed by atoms with Gasteiger partial charge in [-0.25, -0.2) is 9.50 Å². The lowest BCUT2D eigenvalue weighted by Crippen LogP contribution is -2.48. The minimum Gasteiger partial charge on any atom is -0.497 e. The minimum absolute atomic E-state index is 0.102. The van der Waals surface area contributed by atoms with Crippen LogP contribution >= 0.6 is 0 Å². The third-order valence-corrected chi connectivity index (χ3v) is 7.40. The first kappa shape index (κ1) is 25.2. The third kappa shape index (κ3) is 4.64. The van der Waals surface area contributed by atoms with Crippen molar-refractivity contribution in [1.82, 2.24) is 19.5 Å². The fourth-order valence-electron chi connectivity index (χ4n) is 5.23. The number of amides is 1. The van der Waals surface area contributed by atoms with Crippen LogP contribution in [0.1, 0.15) is 18.1 Å². The molecule has 6 rings (SSSR count). The van der Waals surface area contributed by atoms with Crippen LogP contribution in [0.4, 0.5) is 11.4 Å². The van der Waals surface area contributed by atoms with E-state index in [0.717, 1.165) is 46.5 Å². The summed E-state index contributed by atoms with van der Waals surface area (Å²) in [6.07, 6.45) is 0. The maximum atomic E-state index is 11.8. The Morgan fingerprint density at radius 1 is 1.02 bits per heavy atom. The molecule has 1 saturated heterocycles. The van der Waals surface area contributed by atoms with Crippen molar-refractivity contribution in [2.75, 3.05) is 43.5 Å². The first-order valence-electron chi connectivity index (χ1n) is 13.2. The second kappa shape index (κ2) is 10.6. The Morgan fingerprint density at radius 2 is 1.82 bits per heavy atom. The number of hydrogen-bond donors (Lipinski definition) is 1. The number of aromatic nitrogens is 3. The van der Waals surface area contributed by atoms with E-state index in [1.54, 1.807) is 18.5 Å². The lowest BCUT2D eigenvalue weighted by molar-refractivity contribution is -0.129. The fourth-order valence-corrected chi connectivity index (χ4v) is 5.23. The summed E-state index contributed by atoms with van der Waals surface area (Å²) < 4.78 is 7.16. The van der Waals surface area contributed by atoms with Crippen molar-refractivity contribution in [3.05, 3.63) is 83.9 Å². The van der Waals surface area contributed by atoms with Crippen molar-refractivity contribution < 1.29 is 9.53 Å². The number of ether oxygens (including phenoxy) is 1. The Hall–Kier alpha value is -5.10. The number of hydrogen-bond acceptors (Lipinski definition) is 7. The van der Waals surface area contributed by atoms with Crippen LogP contribution in [-0.2, 0) is 11.3 Å². The summed E-state index contributed by atoms with van der Waals surface area (Å²) in [7, 11) is 1.62. The molecule has 0 atom stereocenters. The van der Waals surface area contributed by atoms with Gasteiger partial charge in [0.2, 0.25) is 5.91 Å². The molecule has 0 unspecified atom stereocenters. The second-order valence-electron chi connectivity index (χ2n) is 9.80. The summed E-state index contributed by atoms with van der Waals surface area (Å²) in [6, 6.07) is 26.3. The number of nitrogens with zero attached hydrogens (tertiary/aromatic N) is 6. The highest BCUT2D eigenvalue weighted by atomic mass is 16.5. The zero-order valence-electron chi connectivity index (χ0n) is 22.5. The average molecular weight is 532 g/mol. The van der Waals surface area contributed by atoms with Gasteiger partial charge in [-0.05, 0) is 35.9 Å². The summed E-state index contributed by atoms with van der Waals surface area (Å²) in [5, 5.41) is 19.7. The molecule has 1 fully saturated rings. The fraction of sp³-hybridized carbons (Fsp3) is 0.226. The molecule has 1 aliphatic heterocycles. The van der Waals surface area contributed by atoms with Crippen molar-refractivity contribution in [2.24, 2.45) is 0 Å². The second-order valence-corrected chi connectivity index (χ2v) is 9.80. The number of pyridine rings is 1. The molecule has 3 heterocycles. The zero-order valence-corrected chi connectivity index (χ0v) is 22.5. The molecule has 40 heavy (non-hydrogen) atoms. The molecule has 0 bridgehead atoms. The van der Waals surface area contributed by atoms with E-state index in [1.165, 1.54) is 0 Å². The highest BCUT2D eigenvalue weighted by molar-refractivity contribution is 6.00. The van der Waals surface area contributed by atoms with E-state index in [-0.39, 0.29) is 5.91 Å². The predicted molar refractivity (Wildman–Crippen MR) is 155 cm³/mol. The van der Waals surface area contributed by atoms with Crippen LogP contribution in [-0.4, -0.2) is 58.7 Å². The van der Waals surface area contributed by atoms with Gasteiger partial charge in [0.1, 0.15) is 17.4 Å². The Labute approximate surface area is 232 Å². The molecule has 1 aliphatic rings. The Bertz CT molecular complexity index is 1750. The van der Waals surface area contributed by atoms with Gasteiger partial charge in [0.05, 0.1) is 18.3 Å². The normalized spacial score (nSPS) is 13.4. The Morgan fingerprint density at radius 3 is 2.55 bits per heavy atom. The van der Waals surface area contributed by atoms with Gasteiger partial charge in [-0.1, -0.05) is 42.5 Å². The molecule has 200 valence electrons. The standard InChI is InChI=1S/C31H29N7O2/c1-21(39)36-13-15-37(16-14-36)24-11-12-28-26(18-24)29(33-20-22-7-4-3-5-8-22)27(19-32)31-34-30(35-38(28)31)23-9-6-10-25(17-23)40-2/h3-12,17-18,33H,13-16,20H2,1-2H3. The smallest absolute Gasteiger partial charge is 0.219 e. The van der Waals surface area contributed by atoms with Crippen LogP contribution in [0.5, 0.6) is 5.75 Å². The number of methoxy groups -OCH3 is 1. The summed E-state index contributed by atoms with van der Waals surface area (Å²) in [4.78, 5) is 20.8. The number of carbonyl (C=O) groups is 1. The molecule has 0 spiro atoms. The quantitative estimate of drug-likeness (QED) is 0.339. The van der Waals surface area contributed by atoms with Crippen molar-refractivity contribution in [3.63, 3.8) is 0 Å². The summed E-state index contributed by atoms with van der Waals surface area (Å²) in [5.41, 5.74) is 5.44. The highest BCUT2D eigenvalue weighted by Gasteiger charge is 2.23. The van der Waals surface area contributed by atoms with E-state index in [1.807, 2.05) is 53.4 Å². The van der Waals surface area contributed by atoms with Gasteiger partial charge < -0.3 is 19.9 Å². The molecule has 0 saturated carbocycles. The number of carbonyl (C=O) groups excluding carboxylic acids is 1.